The highest BCUT2D eigenvalue weighted by molar-refractivity contribution is 7.98. The number of halogens is 1. The molecular formula is C24H25ClN4O2S. The molecule has 1 saturated carbocycles. The summed E-state index contributed by atoms with van der Waals surface area (Å²) in [6.45, 7) is 2.08. The van der Waals surface area contributed by atoms with Gasteiger partial charge in [-0.2, -0.15) is 0 Å². The van der Waals surface area contributed by atoms with E-state index in [2.05, 4.69) is 14.8 Å². The Kier molecular flexibility index (Phi) is 6.37. The molecule has 6 nitrogen and oxygen atoms in total. The normalized spacial score (nSPS) is 15.8. The van der Waals surface area contributed by atoms with Crippen LogP contribution in [0.25, 0.3) is 0 Å². The predicted octanol–water partition coefficient (Wildman–Crippen LogP) is 5.37. The highest BCUT2D eigenvalue weighted by atomic mass is 35.5. The lowest BCUT2D eigenvalue weighted by atomic mass is 10.1. The van der Waals surface area contributed by atoms with Crippen molar-refractivity contribution in [2.75, 3.05) is 13.1 Å². The van der Waals surface area contributed by atoms with Gasteiger partial charge in [0.1, 0.15) is 12.4 Å². The molecule has 2 aliphatic rings. The Labute approximate surface area is 196 Å². The van der Waals surface area contributed by atoms with Crippen molar-refractivity contribution in [2.24, 2.45) is 0 Å². The molecule has 3 aromatic rings. The second-order valence-electron chi connectivity index (χ2n) is 8.20. The summed E-state index contributed by atoms with van der Waals surface area (Å²) < 4.78 is 8.10. The molecule has 1 amide bonds. The van der Waals surface area contributed by atoms with Crippen LogP contribution in [0.2, 0.25) is 5.02 Å². The van der Waals surface area contributed by atoms with Crippen LogP contribution in [-0.2, 0) is 12.4 Å². The smallest absolute Gasteiger partial charge is 0.253 e. The van der Waals surface area contributed by atoms with Crippen LogP contribution in [0.1, 0.15) is 53.5 Å². The lowest BCUT2D eigenvalue weighted by Gasteiger charge is -2.15. The van der Waals surface area contributed by atoms with Crippen molar-refractivity contribution in [3.05, 3.63) is 70.5 Å². The number of carbonyl (C=O) groups is 1. The van der Waals surface area contributed by atoms with Gasteiger partial charge in [-0.15, -0.1) is 10.2 Å². The Bertz CT molecular complexity index is 1090. The highest BCUT2D eigenvalue weighted by Crippen LogP contribution is 2.39. The zero-order valence-electron chi connectivity index (χ0n) is 17.7. The average Bonchev–Trinajstić information content (AvgIpc) is 3.34. The van der Waals surface area contributed by atoms with E-state index in [-0.39, 0.29) is 5.91 Å². The zero-order chi connectivity index (χ0) is 21.9. The summed E-state index contributed by atoms with van der Waals surface area (Å²) in [5.41, 5.74) is 1.92. The third-order valence-corrected chi connectivity index (χ3v) is 7.13. The third kappa shape index (κ3) is 4.79. The summed E-state index contributed by atoms with van der Waals surface area (Å²) in [6.07, 6.45) is 4.48. The van der Waals surface area contributed by atoms with Gasteiger partial charge in [0.2, 0.25) is 0 Å². The molecule has 1 aliphatic heterocycles. The molecule has 2 fully saturated rings. The van der Waals surface area contributed by atoms with Gasteiger partial charge >= 0.3 is 0 Å². The number of aromatic nitrogens is 3. The van der Waals surface area contributed by atoms with Gasteiger partial charge < -0.3 is 9.64 Å². The van der Waals surface area contributed by atoms with E-state index in [0.29, 0.717) is 23.4 Å². The number of para-hydroxylation sites is 1. The Morgan fingerprint density at radius 1 is 1.06 bits per heavy atom. The monoisotopic (exact) mass is 468 g/mol. The van der Waals surface area contributed by atoms with Gasteiger partial charge in [-0.05, 0) is 55.5 Å². The van der Waals surface area contributed by atoms with E-state index in [0.717, 1.165) is 66.6 Å². The number of thioether (sulfide) groups is 1. The minimum Gasteiger partial charge on any atom is -0.484 e. The second kappa shape index (κ2) is 9.55. The first-order valence-electron chi connectivity index (χ1n) is 11.0. The van der Waals surface area contributed by atoms with Gasteiger partial charge in [-0.3, -0.25) is 9.36 Å². The Balaban J connectivity index is 1.23. The van der Waals surface area contributed by atoms with Gasteiger partial charge in [0.15, 0.2) is 11.0 Å². The summed E-state index contributed by atoms with van der Waals surface area (Å²) in [7, 11) is 0. The fraction of sp³-hybridized carbons (Fsp3) is 0.375. The molecule has 0 N–H and O–H groups in total. The summed E-state index contributed by atoms with van der Waals surface area (Å²) in [6, 6.07) is 15.8. The third-order valence-electron chi connectivity index (χ3n) is 5.80. The maximum absolute atomic E-state index is 12.5. The summed E-state index contributed by atoms with van der Waals surface area (Å²) in [5, 5.41) is 10.3. The first-order valence-corrected chi connectivity index (χ1v) is 12.4. The van der Waals surface area contributed by atoms with Gasteiger partial charge in [0.25, 0.3) is 5.91 Å². The average molecular weight is 469 g/mol. The number of ether oxygens (including phenoxy) is 1. The highest BCUT2D eigenvalue weighted by Gasteiger charge is 2.30. The van der Waals surface area contributed by atoms with Crippen molar-refractivity contribution in [1.82, 2.24) is 19.7 Å². The van der Waals surface area contributed by atoms with E-state index in [1.807, 2.05) is 53.4 Å². The maximum atomic E-state index is 12.5. The molecule has 2 aromatic carbocycles. The number of likely N-dealkylation sites (tertiary alicyclic amines) is 1. The summed E-state index contributed by atoms with van der Waals surface area (Å²) >= 11 is 7.87. The van der Waals surface area contributed by atoms with Crippen LogP contribution in [0.3, 0.4) is 0 Å². The lowest BCUT2D eigenvalue weighted by Crippen LogP contribution is -2.27. The minimum atomic E-state index is 0.137. The summed E-state index contributed by atoms with van der Waals surface area (Å²) in [5.74, 6) is 2.38. The fourth-order valence-electron chi connectivity index (χ4n) is 3.90. The molecule has 0 radical (unpaired) electrons. The minimum absolute atomic E-state index is 0.137. The van der Waals surface area contributed by atoms with Crippen LogP contribution in [0, 0.1) is 0 Å². The molecule has 0 bridgehead atoms. The largest absolute Gasteiger partial charge is 0.484 e. The molecule has 32 heavy (non-hydrogen) atoms. The molecule has 0 atom stereocenters. The number of hydrogen-bond donors (Lipinski definition) is 0. The number of hydrogen-bond acceptors (Lipinski definition) is 5. The Hall–Kier alpha value is -2.51. The predicted molar refractivity (Wildman–Crippen MR) is 125 cm³/mol. The van der Waals surface area contributed by atoms with Crippen molar-refractivity contribution >= 4 is 29.3 Å². The number of rotatable bonds is 8. The van der Waals surface area contributed by atoms with Crippen molar-refractivity contribution in [3.8, 4) is 5.75 Å². The van der Waals surface area contributed by atoms with Crippen LogP contribution in [0.4, 0.5) is 0 Å². The van der Waals surface area contributed by atoms with E-state index in [1.165, 1.54) is 0 Å². The molecule has 1 saturated heterocycles. The van der Waals surface area contributed by atoms with Gasteiger partial charge in [-0.25, -0.2) is 0 Å². The molecule has 8 heteroatoms. The van der Waals surface area contributed by atoms with Crippen molar-refractivity contribution in [2.45, 2.75) is 49.2 Å². The molecule has 5 rings (SSSR count). The van der Waals surface area contributed by atoms with Crippen molar-refractivity contribution in [1.29, 1.82) is 0 Å². The standard InChI is InChI=1S/C24H25ClN4O2S/c25-20-5-1-2-6-21(20)31-15-22-26-27-24(29(22)19-11-12-19)32-16-17-7-9-18(10-8-17)23(30)28-13-3-4-14-28/h1-2,5-10,19H,3-4,11-16H2. The van der Waals surface area contributed by atoms with Gasteiger partial charge in [-0.1, -0.05) is 47.6 Å². The van der Waals surface area contributed by atoms with Crippen LogP contribution >= 0.6 is 23.4 Å². The number of carbonyl (C=O) groups excluding carboxylic acids is 1. The van der Waals surface area contributed by atoms with Gasteiger partial charge in [0.05, 0.1) is 5.02 Å². The lowest BCUT2D eigenvalue weighted by molar-refractivity contribution is 0.0793. The molecule has 166 valence electrons. The maximum Gasteiger partial charge on any atom is 0.253 e. The first-order chi connectivity index (χ1) is 15.7. The van der Waals surface area contributed by atoms with E-state index in [4.69, 9.17) is 16.3 Å². The molecule has 2 heterocycles. The number of amides is 1. The number of nitrogens with zero attached hydrogens (tertiary/aromatic N) is 4. The molecule has 1 aromatic heterocycles. The van der Waals surface area contributed by atoms with Crippen LogP contribution in [0.5, 0.6) is 5.75 Å². The van der Waals surface area contributed by atoms with E-state index < -0.39 is 0 Å². The van der Waals surface area contributed by atoms with Crippen molar-refractivity contribution < 1.29 is 9.53 Å². The van der Waals surface area contributed by atoms with E-state index in [9.17, 15) is 4.79 Å². The Morgan fingerprint density at radius 3 is 2.53 bits per heavy atom. The van der Waals surface area contributed by atoms with Gasteiger partial charge in [0, 0.05) is 30.4 Å². The SMILES string of the molecule is O=C(c1ccc(CSc2nnc(COc3ccccc3Cl)n2C2CC2)cc1)N1CCCC1. The second-order valence-corrected chi connectivity index (χ2v) is 9.55. The molecule has 0 spiro atoms. The number of benzene rings is 2. The van der Waals surface area contributed by atoms with E-state index in [1.54, 1.807) is 11.8 Å². The quantitative estimate of drug-likeness (QED) is 0.416. The fourth-order valence-corrected chi connectivity index (χ4v) is 5.07. The van der Waals surface area contributed by atoms with Crippen LogP contribution in [-0.4, -0.2) is 38.7 Å². The van der Waals surface area contributed by atoms with Crippen LogP contribution in [0.15, 0.2) is 53.7 Å². The molecule has 0 unspecified atom stereocenters. The van der Waals surface area contributed by atoms with E-state index >= 15 is 0 Å². The topological polar surface area (TPSA) is 60.2 Å². The van der Waals surface area contributed by atoms with Crippen molar-refractivity contribution in [3.63, 3.8) is 0 Å². The Morgan fingerprint density at radius 2 is 1.81 bits per heavy atom. The summed E-state index contributed by atoms with van der Waals surface area (Å²) in [4.78, 5) is 14.5. The molecule has 1 aliphatic carbocycles. The molecular weight excluding hydrogens is 444 g/mol. The van der Waals surface area contributed by atoms with Crippen LogP contribution < -0.4 is 4.74 Å². The zero-order valence-corrected chi connectivity index (χ0v) is 19.3. The first kappa shape index (κ1) is 21.3.